The largest absolute Gasteiger partial charge is 0.462 e. The molecule has 0 unspecified atom stereocenters. The van der Waals surface area contributed by atoms with Crippen LogP contribution in [0.15, 0.2) is 12.2 Å². The SMILES string of the molecule is C=C(C#N)C(=O)OCCC[Si](Cl)(Cl)Cl. The fraction of sp³-hybridized carbons (Fsp3) is 0.429. The minimum Gasteiger partial charge on any atom is -0.462 e. The molecule has 0 aromatic carbocycles. The van der Waals surface area contributed by atoms with Crippen molar-refractivity contribution in [3.63, 3.8) is 0 Å². The number of hydrogen-bond acceptors (Lipinski definition) is 3. The molecule has 0 rings (SSSR count). The van der Waals surface area contributed by atoms with Crippen molar-refractivity contribution in [1.29, 1.82) is 5.26 Å². The van der Waals surface area contributed by atoms with Crippen LogP contribution in [0.3, 0.4) is 0 Å². The molecule has 0 aromatic heterocycles. The zero-order valence-electron chi connectivity index (χ0n) is 7.23. The Morgan fingerprint density at radius 2 is 2.07 bits per heavy atom. The summed E-state index contributed by atoms with van der Waals surface area (Å²) in [4.78, 5) is 10.9. The van der Waals surface area contributed by atoms with Gasteiger partial charge in [0.25, 0.3) is 0 Å². The average Bonchev–Trinajstić information content (AvgIpc) is 2.09. The standard InChI is InChI=1S/C7H8Cl3NO2Si/c1-6(5-11)7(12)13-3-2-4-14(8,9)10/h1-4H2. The number of esters is 1. The smallest absolute Gasteiger partial charge is 0.348 e. The Bertz CT molecular complexity index is 269. The molecular formula is C7H8Cl3NO2Si. The van der Waals surface area contributed by atoms with E-state index in [0.717, 1.165) is 0 Å². The van der Waals surface area contributed by atoms with Gasteiger partial charge < -0.3 is 4.74 Å². The van der Waals surface area contributed by atoms with Crippen LogP contribution in [-0.4, -0.2) is 18.6 Å². The minimum atomic E-state index is -2.63. The molecule has 14 heavy (non-hydrogen) atoms. The van der Waals surface area contributed by atoms with Gasteiger partial charge in [-0.3, -0.25) is 0 Å². The summed E-state index contributed by atoms with van der Waals surface area (Å²) in [7, 11) is 0. The van der Waals surface area contributed by atoms with Crippen molar-refractivity contribution < 1.29 is 9.53 Å². The number of halogens is 3. The number of rotatable bonds is 5. The summed E-state index contributed by atoms with van der Waals surface area (Å²) in [5, 5.41) is 8.28. The molecule has 0 aliphatic carbocycles. The maximum Gasteiger partial charge on any atom is 0.348 e. The number of carbonyl (C=O) groups is 1. The van der Waals surface area contributed by atoms with Crippen molar-refractivity contribution in [2.45, 2.75) is 12.5 Å². The molecule has 0 spiro atoms. The molecule has 3 nitrogen and oxygen atoms in total. The van der Waals surface area contributed by atoms with Crippen molar-refractivity contribution >= 4 is 45.2 Å². The lowest BCUT2D eigenvalue weighted by molar-refractivity contribution is -0.138. The maximum atomic E-state index is 10.9. The first kappa shape index (κ1) is 13.8. The van der Waals surface area contributed by atoms with Gasteiger partial charge in [0.1, 0.15) is 11.6 Å². The van der Waals surface area contributed by atoms with Crippen LogP contribution in [0.1, 0.15) is 6.42 Å². The number of nitrogens with zero attached hydrogens (tertiary/aromatic N) is 1. The summed E-state index contributed by atoms with van der Waals surface area (Å²) in [6.45, 7) is 3.33. The Labute approximate surface area is 97.3 Å². The molecule has 0 aliphatic heterocycles. The molecular weight excluding hydrogens is 265 g/mol. The molecule has 0 saturated carbocycles. The summed E-state index contributed by atoms with van der Waals surface area (Å²) in [5.41, 5.74) is -0.226. The van der Waals surface area contributed by atoms with Gasteiger partial charge in [0.15, 0.2) is 0 Å². The molecule has 78 valence electrons. The molecule has 0 radical (unpaired) electrons. The molecule has 0 aromatic rings. The highest BCUT2D eigenvalue weighted by atomic mass is 35.8. The first-order valence-electron chi connectivity index (χ1n) is 3.69. The van der Waals surface area contributed by atoms with Crippen LogP contribution in [0, 0.1) is 11.3 Å². The second-order valence-corrected chi connectivity index (χ2v) is 11.7. The van der Waals surface area contributed by atoms with Gasteiger partial charge in [-0.15, -0.1) is 33.2 Å². The van der Waals surface area contributed by atoms with Gasteiger partial charge in [-0.05, 0) is 12.5 Å². The van der Waals surface area contributed by atoms with Crippen LogP contribution in [0.4, 0.5) is 0 Å². The molecule has 0 bridgehead atoms. The molecule has 7 heteroatoms. The Morgan fingerprint density at radius 1 is 1.50 bits per heavy atom. The first-order chi connectivity index (χ1) is 6.37. The summed E-state index contributed by atoms with van der Waals surface area (Å²) < 4.78 is 4.68. The van der Waals surface area contributed by atoms with Crippen molar-refractivity contribution in [1.82, 2.24) is 0 Å². The van der Waals surface area contributed by atoms with Crippen LogP contribution >= 0.6 is 33.2 Å². The fourth-order valence-electron chi connectivity index (χ4n) is 0.570. The number of ether oxygens (including phenoxy) is 1. The predicted molar refractivity (Wildman–Crippen MR) is 58.4 cm³/mol. The Hall–Kier alpha value is -0.213. The van der Waals surface area contributed by atoms with Crippen molar-refractivity contribution in [2.75, 3.05) is 6.61 Å². The second kappa shape index (κ2) is 6.30. The summed E-state index contributed by atoms with van der Waals surface area (Å²) in [5.74, 6) is -0.724. The number of carbonyl (C=O) groups excluding carboxylic acids is 1. The Balaban J connectivity index is 3.62. The normalized spacial score (nSPS) is 10.4. The topological polar surface area (TPSA) is 50.1 Å². The van der Waals surface area contributed by atoms with E-state index < -0.39 is 12.0 Å². The highest BCUT2D eigenvalue weighted by Crippen LogP contribution is 2.26. The molecule has 0 heterocycles. The quantitative estimate of drug-likeness (QED) is 0.193. The van der Waals surface area contributed by atoms with Gasteiger partial charge in [-0.2, -0.15) is 5.26 Å². The monoisotopic (exact) mass is 271 g/mol. The van der Waals surface area contributed by atoms with Crippen LogP contribution in [0.5, 0.6) is 0 Å². The summed E-state index contributed by atoms with van der Waals surface area (Å²) in [6, 6.07) is -0.623. The van der Waals surface area contributed by atoms with E-state index in [4.69, 9.17) is 38.5 Å². The molecule has 0 aliphatic rings. The van der Waals surface area contributed by atoms with Gasteiger partial charge in [0.05, 0.1) is 6.61 Å². The lowest BCUT2D eigenvalue weighted by atomic mass is 10.3. The van der Waals surface area contributed by atoms with E-state index in [1.54, 1.807) is 6.07 Å². The number of hydrogen-bond donors (Lipinski definition) is 0. The van der Waals surface area contributed by atoms with E-state index in [1.807, 2.05) is 0 Å². The Morgan fingerprint density at radius 3 is 2.50 bits per heavy atom. The molecule has 0 N–H and O–H groups in total. The van der Waals surface area contributed by atoms with E-state index in [-0.39, 0.29) is 12.2 Å². The van der Waals surface area contributed by atoms with Crippen LogP contribution in [0.25, 0.3) is 0 Å². The lowest BCUT2D eigenvalue weighted by Crippen LogP contribution is -2.12. The zero-order valence-corrected chi connectivity index (χ0v) is 10.5. The van der Waals surface area contributed by atoms with Gasteiger partial charge >= 0.3 is 12.0 Å². The summed E-state index contributed by atoms with van der Waals surface area (Å²) >= 11 is 16.8. The van der Waals surface area contributed by atoms with Gasteiger partial charge in [0, 0.05) is 0 Å². The second-order valence-electron chi connectivity index (χ2n) is 2.45. The highest BCUT2D eigenvalue weighted by Gasteiger charge is 2.24. The molecule has 0 atom stereocenters. The molecule has 0 fully saturated rings. The zero-order chi connectivity index (χ0) is 11.2. The highest BCUT2D eigenvalue weighted by molar-refractivity contribution is 7.64. The number of nitriles is 1. The first-order valence-corrected chi connectivity index (χ1v) is 8.94. The molecule has 0 saturated heterocycles. The van der Waals surface area contributed by atoms with E-state index in [0.29, 0.717) is 12.5 Å². The van der Waals surface area contributed by atoms with Gasteiger partial charge in [-0.25, -0.2) is 4.79 Å². The van der Waals surface area contributed by atoms with Gasteiger partial charge in [0.2, 0.25) is 0 Å². The van der Waals surface area contributed by atoms with Crippen LogP contribution in [0.2, 0.25) is 6.04 Å². The lowest BCUT2D eigenvalue weighted by Gasteiger charge is -2.07. The minimum absolute atomic E-state index is 0.139. The van der Waals surface area contributed by atoms with E-state index in [9.17, 15) is 4.79 Å². The van der Waals surface area contributed by atoms with E-state index in [1.165, 1.54) is 0 Å². The summed E-state index contributed by atoms with van der Waals surface area (Å²) in [6.07, 6.45) is 0.479. The van der Waals surface area contributed by atoms with Crippen LogP contribution < -0.4 is 0 Å². The van der Waals surface area contributed by atoms with Crippen LogP contribution in [-0.2, 0) is 9.53 Å². The van der Waals surface area contributed by atoms with E-state index in [2.05, 4.69) is 11.3 Å². The van der Waals surface area contributed by atoms with Gasteiger partial charge in [-0.1, -0.05) is 6.58 Å². The van der Waals surface area contributed by atoms with Crippen molar-refractivity contribution in [3.05, 3.63) is 12.2 Å². The third-order valence-electron chi connectivity index (χ3n) is 1.22. The molecule has 0 amide bonds. The Kier molecular flexibility index (Phi) is 6.21. The van der Waals surface area contributed by atoms with Crippen molar-refractivity contribution in [2.24, 2.45) is 0 Å². The average molecular weight is 273 g/mol. The predicted octanol–water partition coefficient (Wildman–Crippen LogP) is 2.65. The fourth-order valence-corrected chi connectivity index (χ4v) is 2.32. The van der Waals surface area contributed by atoms with E-state index >= 15 is 0 Å². The third kappa shape index (κ3) is 7.22. The third-order valence-corrected chi connectivity index (χ3v) is 3.84. The maximum absolute atomic E-state index is 10.9. The van der Waals surface area contributed by atoms with Crippen molar-refractivity contribution in [3.8, 4) is 6.07 Å².